The van der Waals surface area contributed by atoms with Crippen LogP contribution in [0.4, 0.5) is 0 Å². The first-order valence-electron chi connectivity index (χ1n) is 9.31. The minimum Gasteiger partial charge on any atom is -0.492 e. The Hall–Kier alpha value is -3.11. The largest absolute Gasteiger partial charge is 0.492 e. The standard InChI is InChI=1S/C24H25NO3/c1-25(2)16-17-27-22-12-8-20(9-13-22)24(26)21-10-14-23(15-11-21)28-18-19-6-4-3-5-7-19/h3-15H,16-18H2,1-2H3. The number of rotatable bonds is 9. The minimum absolute atomic E-state index is 0.0190. The van der Waals surface area contributed by atoms with Gasteiger partial charge in [0.2, 0.25) is 0 Å². The summed E-state index contributed by atoms with van der Waals surface area (Å²) in [6, 6.07) is 24.5. The van der Waals surface area contributed by atoms with Gasteiger partial charge in [0, 0.05) is 17.7 Å². The molecule has 4 heteroatoms. The van der Waals surface area contributed by atoms with Crippen molar-refractivity contribution in [3.63, 3.8) is 0 Å². The quantitative estimate of drug-likeness (QED) is 0.519. The summed E-state index contributed by atoms with van der Waals surface area (Å²) < 4.78 is 11.4. The molecule has 0 spiro atoms. The van der Waals surface area contributed by atoms with Crippen LogP contribution in [-0.2, 0) is 6.61 Å². The van der Waals surface area contributed by atoms with E-state index < -0.39 is 0 Å². The molecule has 0 aliphatic rings. The van der Waals surface area contributed by atoms with Crippen molar-refractivity contribution >= 4 is 5.78 Å². The summed E-state index contributed by atoms with van der Waals surface area (Å²) in [6.07, 6.45) is 0. The molecule has 0 atom stereocenters. The van der Waals surface area contributed by atoms with Crippen molar-refractivity contribution in [2.75, 3.05) is 27.2 Å². The first kappa shape index (κ1) is 19.6. The number of ether oxygens (including phenoxy) is 2. The van der Waals surface area contributed by atoms with Crippen molar-refractivity contribution in [3.8, 4) is 11.5 Å². The lowest BCUT2D eigenvalue weighted by molar-refractivity contribution is 0.103. The van der Waals surface area contributed by atoms with Gasteiger partial charge in [0.1, 0.15) is 24.7 Å². The van der Waals surface area contributed by atoms with E-state index in [2.05, 4.69) is 4.90 Å². The van der Waals surface area contributed by atoms with Crippen LogP contribution >= 0.6 is 0 Å². The monoisotopic (exact) mass is 375 g/mol. The van der Waals surface area contributed by atoms with E-state index in [1.807, 2.05) is 68.7 Å². The molecule has 0 aliphatic heterocycles. The summed E-state index contributed by atoms with van der Waals surface area (Å²) in [5.74, 6) is 1.49. The van der Waals surface area contributed by atoms with E-state index in [1.54, 1.807) is 24.3 Å². The highest BCUT2D eigenvalue weighted by atomic mass is 16.5. The zero-order chi connectivity index (χ0) is 19.8. The Morgan fingerprint density at radius 3 is 1.82 bits per heavy atom. The molecule has 3 aromatic rings. The summed E-state index contributed by atoms with van der Waals surface area (Å²) in [4.78, 5) is 14.7. The Kier molecular flexibility index (Phi) is 6.82. The Bertz CT molecular complexity index is 872. The smallest absolute Gasteiger partial charge is 0.193 e. The van der Waals surface area contributed by atoms with Crippen molar-refractivity contribution in [2.45, 2.75) is 6.61 Å². The number of benzene rings is 3. The third-order valence-electron chi connectivity index (χ3n) is 4.29. The van der Waals surface area contributed by atoms with Gasteiger partial charge >= 0.3 is 0 Å². The molecule has 0 N–H and O–H groups in total. The maximum atomic E-state index is 12.7. The molecule has 0 amide bonds. The van der Waals surface area contributed by atoms with E-state index in [0.29, 0.717) is 24.3 Å². The Labute approximate surface area is 166 Å². The molecular weight excluding hydrogens is 350 g/mol. The first-order valence-corrected chi connectivity index (χ1v) is 9.31. The number of ketones is 1. The first-order chi connectivity index (χ1) is 13.6. The van der Waals surface area contributed by atoms with Gasteiger partial charge in [0.15, 0.2) is 5.78 Å². The van der Waals surface area contributed by atoms with E-state index in [9.17, 15) is 4.79 Å². The van der Waals surface area contributed by atoms with E-state index in [0.717, 1.165) is 23.6 Å². The van der Waals surface area contributed by atoms with Gasteiger partial charge in [-0.05, 0) is 68.2 Å². The third kappa shape index (κ3) is 5.69. The van der Waals surface area contributed by atoms with Gasteiger partial charge in [-0.1, -0.05) is 30.3 Å². The van der Waals surface area contributed by atoms with E-state index in [-0.39, 0.29) is 5.78 Å². The van der Waals surface area contributed by atoms with Gasteiger partial charge < -0.3 is 14.4 Å². The van der Waals surface area contributed by atoms with Crippen LogP contribution in [0.3, 0.4) is 0 Å². The molecule has 0 unspecified atom stereocenters. The predicted molar refractivity (Wildman–Crippen MR) is 111 cm³/mol. The van der Waals surface area contributed by atoms with Gasteiger partial charge in [0.05, 0.1) is 0 Å². The maximum absolute atomic E-state index is 12.7. The summed E-state index contributed by atoms with van der Waals surface area (Å²) in [5, 5.41) is 0. The molecule has 0 aliphatic carbocycles. The molecule has 0 saturated carbocycles. The molecule has 0 saturated heterocycles. The lowest BCUT2D eigenvalue weighted by Crippen LogP contribution is -2.19. The average Bonchev–Trinajstić information content (AvgIpc) is 2.73. The molecule has 0 radical (unpaired) electrons. The summed E-state index contributed by atoms with van der Waals surface area (Å²) in [7, 11) is 4.01. The summed E-state index contributed by atoms with van der Waals surface area (Å²) >= 11 is 0. The van der Waals surface area contributed by atoms with E-state index in [1.165, 1.54) is 0 Å². The van der Waals surface area contributed by atoms with Crippen molar-refractivity contribution < 1.29 is 14.3 Å². The van der Waals surface area contributed by atoms with Crippen LogP contribution in [0.1, 0.15) is 21.5 Å². The highest BCUT2D eigenvalue weighted by Crippen LogP contribution is 2.19. The minimum atomic E-state index is -0.0190. The number of nitrogens with zero attached hydrogens (tertiary/aromatic N) is 1. The Balaban J connectivity index is 1.56. The van der Waals surface area contributed by atoms with Crippen molar-refractivity contribution in [2.24, 2.45) is 0 Å². The lowest BCUT2D eigenvalue weighted by atomic mass is 10.0. The lowest BCUT2D eigenvalue weighted by Gasteiger charge is -2.11. The van der Waals surface area contributed by atoms with Crippen LogP contribution in [0.5, 0.6) is 11.5 Å². The fourth-order valence-electron chi connectivity index (χ4n) is 2.66. The zero-order valence-electron chi connectivity index (χ0n) is 16.3. The highest BCUT2D eigenvalue weighted by Gasteiger charge is 2.09. The van der Waals surface area contributed by atoms with Gasteiger partial charge in [-0.15, -0.1) is 0 Å². The molecule has 28 heavy (non-hydrogen) atoms. The fraction of sp³-hybridized carbons (Fsp3) is 0.208. The topological polar surface area (TPSA) is 38.8 Å². The Morgan fingerprint density at radius 1 is 0.750 bits per heavy atom. The van der Waals surface area contributed by atoms with E-state index in [4.69, 9.17) is 9.47 Å². The normalized spacial score (nSPS) is 10.7. The number of likely N-dealkylation sites (N-methyl/N-ethyl adjacent to an activating group) is 1. The second-order valence-electron chi connectivity index (χ2n) is 6.80. The summed E-state index contributed by atoms with van der Waals surface area (Å²) in [6.45, 7) is 1.97. The number of hydrogen-bond donors (Lipinski definition) is 0. The third-order valence-corrected chi connectivity index (χ3v) is 4.29. The number of hydrogen-bond acceptors (Lipinski definition) is 4. The average molecular weight is 375 g/mol. The van der Waals surface area contributed by atoms with Crippen molar-refractivity contribution in [3.05, 3.63) is 95.6 Å². The fourth-order valence-corrected chi connectivity index (χ4v) is 2.66. The predicted octanol–water partition coefficient (Wildman–Crippen LogP) is 4.44. The van der Waals surface area contributed by atoms with Crippen molar-refractivity contribution in [1.29, 1.82) is 0 Å². The molecule has 4 nitrogen and oxygen atoms in total. The maximum Gasteiger partial charge on any atom is 0.193 e. The number of carbonyl (C=O) groups is 1. The van der Waals surface area contributed by atoms with Gasteiger partial charge in [-0.25, -0.2) is 0 Å². The van der Waals surface area contributed by atoms with Crippen LogP contribution in [0.2, 0.25) is 0 Å². The Morgan fingerprint density at radius 2 is 1.29 bits per heavy atom. The molecule has 0 bridgehead atoms. The van der Waals surface area contributed by atoms with Gasteiger partial charge in [-0.3, -0.25) is 4.79 Å². The number of carbonyl (C=O) groups excluding carboxylic acids is 1. The molecule has 144 valence electrons. The molecule has 0 aromatic heterocycles. The second kappa shape index (κ2) is 9.72. The van der Waals surface area contributed by atoms with Gasteiger partial charge in [-0.2, -0.15) is 0 Å². The zero-order valence-corrected chi connectivity index (χ0v) is 16.3. The van der Waals surface area contributed by atoms with Crippen LogP contribution < -0.4 is 9.47 Å². The molecular formula is C24H25NO3. The van der Waals surface area contributed by atoms with Gasteiger partial charge in [0.25, 0.3) is 0 Å². The van der Waals surface area contributed by atoms with Crippen LogP contribution in [0.15, 0.2) is 78.9 Å². The van der Waals surface area contributed by atoms with Crippen LogP contribution in [0, 0.1) is 0 Å². The van der Waals surface area contributed by atoms with Crippen LogP contribution in [-0.4, -0.2) is 37.9 Å². The summed E-state index contributed by atoms with van der Waals surface area (Å²) in [5.41, 5.74) is 2.38. The molecule has 0 heterocycles. The van der Waals surface area contributed by atoms with E-state index >= 15 is 0 Å². The van der Waals surface area contributed by atoms with Crippen molar-refractivity contribution in [1.82, 2.24) is 4.90 Å². The molecule has 0 fully saturated rings. The highest BCUT2D eigenvalue weighted by molar-refractivity contribution is 6.09. The van der Waals surface area contributed by atoms with Crippen LogP contribution in [0.25, 0.3) is 0 Å². The molecule has 3 aromatic carbocycles. The SMILES string of the molecule is CN(C)CCOc1ccc(C(=O)c2ccc(OCc3ccccc3)cc2)cc1. The molecule has 3 rings (SSSR count). The second-order valence-corrected chi connectivity index (χ2v) is 6.80.